The molecule has 0 radical (unpaired) electrons. The number of nitrogens with two attached hydrogens (primary N) is 1. The third-order valence-electron chi connectivity index (χ3n) is 3.23. The van der Waals surface area contributed by atoms with E-state index in [1.54, 1.807) is 0 Å². The van der Waals surface area contributed by atoms with Crippen molar-refractivity contribution >= 4 is 15.9 Å². The zero-order chi connectivity index (χ0) is 10.8. The second-order valence-corrected chi connectivity index (χ2v) is 5.15. The quantitative estimate of drug-likeness (QED) is 0.898. The van der Waals surface area contributed by atoms with Crippen molar-refractivity contribution < 1.29 is 4.39 Å². The van der Waals surface area contributed by atoms with Crippen LogP contribution in [-0.4, -0.2) is 6.04 Å². The van der Waals surface area contributed by atoms with Gasteiger partial charge < -0.3 is 5.73 Å². The Morgan fingerprint density at radius 3 is 2.73 bits per heavy atom. The van der Waals surface area contributed by atoms with Gasteiger partial charge in [-0.05, 0) is 42.9 Å². The van der Waals surface area contributed by atoms with Gasteiger partial charge >= 0.3 is 0 Å². The molecular formula is C12H15BrFN. The smallest absolute Gasteiger partial charge is 0.124 e. The van der Waals surface area contributed by atoms with Gasteiger partial charge in [-0.25, -0.2) is 4.39 Å². The van der Waals surface area contributed by atoms with Crippen LogP contribution in [-0.2, 0) is 6.42 Å². The van der Waals surface area contributed by atoms with E-state index >= 15 is 0 Å². The minimum atomic E-state index is -0.206. The monoisotopic (exact) mass is 271 g/mol. The van der Waals surface area contributed by atoms with Gasteiger partial charge in [0.15, 0.2) is 0 Å². The van der Waals surface area contributed by atoms with Gasteiger partial charge in [0.2, 0.25) is 0 Å². The highest BCUT2D eigenvalue weighted by atomic mass is 79.9. The van der Waals surface area contributed by atoms with Crippen molar-refractivity contribution in [2.24, 2.45) is 11.7 Å². The molecule has 1 atom stereocenters. The molecule has 3 heteroatoms. The first-order valence-corrected chi connectivity index (χ1v) is 6.15. The van der Waals surface area contributed by atoms with Crippen molar-refractivity contribution in [3.05, 3.63) is 34.1 Å². The van der Waals surface area contributed by atoms with Gasteiger partial charge in [0, 0.05) is 10.5 Å². The van der Waals surface area contributed by atoms with E-state index in [4.69, 9.17) is 5.73 Å². The third-order valence-corrected chi connectivity index (χ3v) is 3.96. The molecule has 1 aromatic rings. The average Bonchev–Trinajstić information content (AvgIpc) is 2.07. The summed E-state index contributed by atoms with van der Waals surface area (Å²) in [6.45, 7) is 0. The lowest BCUT2D eigenvalue weighted by atomic mass is 9.78. The maximum atomic E-state index is 12.9. The fourth-order valence-electron chi connectivity index (χ4n) is 1.98. The zero-order valence-corrected chi connectivity index (χ0v) is 10.1. The topological polar surface area (TPSA) is 26.0 Å². The Balaban J connectivity index is 2.03. The van der Waals surface area contributed by atoms with E-state index in [0.717, 1.165) is 16.5 Å². The van der Waals surface area contributed by atoms with Crippen molar-refractivity contribution in [3.8, 4) is 0 Å². The summed E-state index contributed by atoms with van der Waals surface area (Å²) in [5.41, 5.74) is 7.21. The molecule has 82 valence electrons. The molecule has 1 unspecified atom stereocenters. The molecule has 0 amide bonds. The number of halogens is 2. The Labute approximate surface area is 98.0 Å². The van der Waals surface area contributed by atoms with Crippen LogP contribution in [0.1, 0.15) is 24.8 Å². The molecule has 2 rings (SSSR count). The van der Waals surface area contributed by atoms with E-state index in [1.807, 2.05) is 6.07 Å². The van der Waals surface area contributed by atoms with Crippen LogP contribution in [0.4, 0.5) is 4.39 Å². The van der Waals surface area contributed by atoms with Gasteiger partial charge in [-0.3, -0.25) is 0 Å². The van der Waals surface area contributed by atoms with Gasteiger partial charge in [-0.1, -0.05) is 28.4 Å². The minimum Gasteiger partial charge on any atom is -0.327 e. The predicted octanol–water partition coefficient (Wildman–Crippen LogP) is 3.26. The van der Waals surface area contributed by atoms with Gasteiger partial charge in [-0.2, -0.15) is 0 Å². The number of hydrogen-bond donors (Lipinski definition) is 1. The molecule has 0 heterocycles. The normalized spacial score (nSPS) is 18.6. The molecule has 0 bridgehead atoms. The van der Waals surface area contributed by atoms with Crippen molar-refractivity contribution in [2.75, 3.05) is 0 Å². The summed E-state index contributed by atoms with van der Waals surface area (Å²) in [6, 6.07) is 5.04. The minimum absolute atomic E-state index is 0.206. The van der Waals surface area contributed by atoms with E-state index in [1.165, 1.54) is 31.4 Å². The van der Waals surface area contributed by atoms with Crippen molar-refractivity contribution in [3.63, 3.8) is 0 Å². The lowest BCUT2D eigenvalue weighted by Gasteiger charge is -2.31. The summed E-state index contributed by atoms with van der Waals surface area (Å²) >= 11 is 3.37. The van der Waals surface area contributed by atoms with Crippen LogP contribution in [0.3, 0.4) is 0 Å². The molecule has 0 aromatic heterocycles. The van der Waals surface area contributed by atoms with Crippen LogP contribution >= 0.6 is 15.9 Å². The van der Waals surface area contributed by atoms with Gasteiger partial charge in [0.25, 0.3) is 0 Å². The van der Waals surface area contributed by atoms with Crippen molar-refractivity contribution in [1.82, 2.24) is 0 Å². The summed E-state index contributed by atoms with van der Waals surface area (Å²) in [5.74, 6) is 0.463. The Morgan fingerprint density at radius 1 is 1.47 bits per heavy atom. The molecule has 1 nitrogen and oxygen atoms in total. The Hall–Kier alpha value is -0.410. The highest BCUT2D eigenvalue weighted by molar-refractivity contribution is 9.10. The molecular weight excluding hydrogens is 257 g/mol. The predicted molar refractivity (Wildman–Crippen MR) is 63.1 cm³/mol. The summed E-state index contributed by atoms with van der Waals surface area (Å²) in [4.78, 5) is 0. The van der Waals surface area contributed by atoms with Crippen LogP contribution in [0.25, 0.3) is 0 Å². The van der Waals surface area contributed by atoms with Crippen LogP contribution in [0, 0.1) is 11.7 Å². The first-order chi connectivity index (χ1) is 7.16. The Morgan fingerprint density at radius 2 is 2.20 bits per heavy atom. The summed E-state index contributed by atoms with van der Waals surface area (Å²) in [6.07, 6.45) is 4.65. The summed E-state index contributed by atoms with van der Waals surface area (Å²) in [5, 5.41) is 0. The molecule has 0 aliphatic heterocycles. The lowest BCUT2D eigenvalue weighted by molar-refractivity contribution is 0.260. The number of hydrogen-bond acceptors (Lipinski definition) is 1. The maximum Gasteiger partial charge on any atom is 0.124 e. The highest BCUT2D eigenvalue weighted by Gasteiger charge is 2.24. The summed E-state index contributed by atoms with van der Waals surface area (Å²) < 4.78 is 13.7. The molecule has 1 aromatic carbocycles. The molecule has 1 aliphatic carbocycles. The second kappa shape index (κ2) is 4.62. The largest absolute Gasteiger partial charge is 0.327 e. The molecule has 15 heavy (non-hydrogen) atoms. The van der Waals surface area contributed by atoms with Gasteiger partial charge in [-0.15, -0.1) is 0 Å². The van der Waals surface area contributed by atoms with Crippen LogP contribution < -0.4 is 5.73 Å². The first-order valence-electron chi connectivity index (χ1n) is 5.36. The van der Waals surface area contributed by atoms with Crippen LogP contribution in [0.15, 0.2) is 22.7 Å². The van der Waals surface area contributed by atoms with E-state index < -0.39 is 0 Å². The zero-order valence-electron chi connectivity index (χ0n) is 8.55. The van der Waals surface area contributed by atoms with E-state index in [0.29, 0.717) is 5.92 Å². The SMILES string of the molecule is NC(Cc1ccc(F)cc1Br)C1CCC1. The van der Waals surface area contributed by atoms with E-state index in [-0.39, 0.29) is 11.9 Å². The van der Waals surface area contributed by atoms with Gasteiger partial charge in [0.1, 0.15) is 5.82 Å². The summed E-state index contributed by atoms with van der Waals surface area (Å²) in [7, 11) is 0. The first kappa shape index (κ1) is 11.1. The Bertz CT molecular complexity index is 349. The lowest BCUT2D eigenvalue weighted by Crippen LogP contribution is -2.36. The van der Waals surface area contributed by atoms with E-state index in [9.17, 15) is 4.39 Å². The molecule has 0 spiro atoms. The standard InChI is InChI=1S/C12H15BrFN/c13-11-7-10(14)5-4-9(11)6-12(15)8-2-1-3-8/h4-5,7-8,12H,1-3,6,15H2. The van der Waals surface area contributed by atoms with E-state index in [2.05, 4.69) is 15.9 Å². The number of benzene rings is 1. The molecule has 1 fully saturated rings. The van der Waals surface area contributed by atoms with Gasteiger partial charge in [0.05, 0.1) is 0 Å². The van der Waals surface area contributed by atoms with Crippen LogP contribution in [0.5, 0.6) is 0 Å². The fraction of sp³-hybridized carbons (Fsp3) is 0.500. The number of rotatable bonds is 3. The highest BCUT2D eigenvalue weighted by Crippen LogP contribution is 2.31. The van der Waals surface area contributed by atoms with Crippen LogP contribution in [0.2, 0.25) is 0 Å². The van der Waals surface area contributed by atoms with Crippen molar-refractivity contribution in [1.29, 1.82) is 0 Å². The molecule has 0 saturated heterocycles. The maximum absolute atomic E-state index is 12.9. The molecule has 1 saturated carbocycles. The fourth-order valence-corrected chi connectivity index (χ4v) is 2.49. The van der Waals surface area contributed by atoms with Crippen molar-refractivity contribution in [2.45, 2.75) is 31.7 Å². The molecule has 1 aliphatic rings. The molecule has 2 N–H and O–H groups in total. The third kappa shape index (κ3) is 2.58. The average molecular weight is 272 g/mol. The second-order valence-electron chi connectivity index (χ2n) is 4.29. The Kier molecular flexibility index (Phi) is 3.42.